The molecule has 0 fully saturated rings. The maximum Gasteiger partial charge on any atom is 0.328 e. The van der Waals surface area contributed by atoms with Crippen LogP contribution in [0.15, 0.2) is 24.3 Å². The van der Waals surface area contributed by atoms with Gasteiger partial charge in [-0.3, -0.25) is 0 Å². The van der Waals surface area contributed by atoms with Gasteiger partial charge in [0.05, 0.1) is 21.8 Å². The van der Waals surface area contributed by atoms with E-state index in [1.165, 1.54) is 17.4 Å². The molecule has 3 rings (SSSR count). The zero-order valence-electron chi connectivity index (χ0n) is 10.2. The number of carboxylic acid groups (broad SMARTS) is 1. The topological polar surface area (TPSA) is 63.1 Å². The number of hydrogen-bond donors (Lipinski definition) is 1. The highest BCUT2D eigenvalue weighted by molar-refractivity contribution is 7.16. The van der Waals surface area contributed by atoms with Gasteiger partial charge >= 0.3 is 5.97 Å². The summed E-state index contributed by atoms with van der Waals surface area (Å²) < 4.78 is 8.42. The van der Waals surface area contributed by atoms with Crippen LogP contribution in [0, 0.1) is 0 Å². The zero-order chi connectivity index (χ0) is 15.0. The Kier molecular flexibility index (Phi) is 3.95. The van der Waals surface area contributed by atoms with E-state index in [2.05, 4.69) is 8.75 Å². The Bertz CT molecular complexity index is 870. The summed E-state index contributed by atoms with van der Waals surface area (Å²) in [5.41, 5.74) is 2.05. The smallest absolute Gasteiger partial charge is 0.328 e. The van der Waals surface area contributed by atoms with E-state index in [1.807, 2.05) is 12.1 Å². The molecule has 0 bridgehead atoms. The number of nitrogens with zero attached hydrogens (tertiary/aromatic N) is 2. The van der Waals surface area contributed by atoms with Crippen LogP contribution in [0.3, 0.4) is 0 Å². The maximum atomic E-state index is 10.5. The first-order chi connectivity index (χ1) is 10.1. The van der Waals surface area contributed by atoms with Gasteiger partial charge in [0.25, 0.3) is 0 Å². The predicted molar refractivity (Wildman–Crippen MR) is 87.4 cm³/mol. The summed E-state index contributed by atoms with van der Waals surface area (Å²) in [5.74, 6) is -0.986. The van der Waals surface area contributed by atoms with E-state index in [0.717, 1.165) is 33.1 Å². The Labute approximate surface area is 137 Å². The molecule has 0 unspecified atom stereocenters. The van der Waals surface area contributed by atoms with Crippen LogP contribution in [0.1, 0.15) is 4.88 Å². The first-order valence-corrected chi connectivity index (χ1v) is 7.98. The molecular weight excluding hydrogens is 351 g/mol. The number of rotatable bonds is 3. The van der Waals surface area contributed by atoms with E-state index < -0.39 is 5.97 Å². The fraction of sp³-hybridized carbons (Fsp3) is 0. The van der Waals surface area contributed by atoms with Crippen molar-refractivity contribution in [3.05, 3.63) is 39.2 Å². The number of carboxylic acids is 1. The van der Waals surface area contributed by atoms with Gasteiger partial charge in [-0.1, -0.05) is 23.2 Å². The van der Waals surface area contributed by atoms with Crippen molar-refractivity contribution < 1.29 is 9.90 Å². The van der Waals surface area contributed by atoms with Crippen molar-refractivity contribution in [3.8, 4) is 10.4 Å². The van der Waals surface area contributed by atoms with Gasteiger partial charge in [-0.05, 0) is 24.3 Å². The van der Waals surface area contributed by atoms with Gasteiger partial charge in [-0.15, -0.1) is 11.3 Å². The molecule has 106 valence electrons. The molecule has 0 saturated carbocycles. The second-order valence-electron chi connectivity index (χ2n) is 4.05. The fourth-order valence-corrected chi connectivity index (χ4v) is 4.08. The normalized spacial score (nSPS) is 11.5. The largest absolute Gasteiger partial charge is 0.478 e. The van der Waals surface area contributed by atoms with Crippen LogP contribution in [-0.4, -0.2) is 19.8 Å². The van der Waals surface area contributed by atoms with Crippen molar-refractivity contribution >= 4 is 69.3 Å². The van der Waals surface area contributed by atoms with E-state index in [0.29, 0.717) is 21.1 Å². The number of hydrogen-bond acceptors (Lipinski definition) is 5. The highest BCUT2D eigenvalue weighted by Gasteiger charge is 2.16. The van der Waals surface area contributed by atoms with Gasteiger partial charge < -0.3 is 5.11 Å². The van der Waals surface area contributed by atoms with Crippen LogP contribution >= 0.6 is 46.3 Å². The molecule has 1 aromatic carbocycles. The van der Waals surface area contributed by atoms with Crippen molar-refractivity contribution in [2.75, 3.05) is 0 Å². The Hall–Kier alpha value is -1.47. The molecular formula is C13H6Cl2N2O2S2. The molecule has 0 radical (unpaired) electrons. The number of halogens is 2. The SMILES string of the molecule is O=C(O)C=Cc1ccc(-c2c(Cl)cc(Cl)c3nsnc23)s1. The lowest BCUT2D eigenvalue weighted by Crippen LogP contribution is -1.84. The highest BCUT2D eigenvalue weighted by Crippen LogP contribution is 2.41. The van der Waals surface area contributed by atoms with Crippen molar-refractivity contribution in [3.63, 3.8) is 0 Å². The second kappa shape index (κ2) is 5.73. The molecule has 1 N–H and O–H groups in total. The van der Waals surface area contributed by atoms with E-state index in [4.69, 9.17) is 28.3 Å². The van der Waals surface area contributed by atoms with Gasteiger partial charge in [0, 0.05) is 21.4 Å². The third kappa shape index (κ3) is 2.80. The lowest BCUT2D eigenvalue weighted by molar-refractivity contribution is -0.131. The molecule has 0 saturated heterocycles. The number of aromatic nitrogens is 2. The third-order valence-electron chi connectivity index (χ3n) is 2.71. The average Bonchev–Trinajstić information content (AvgIpc) is 3.05. The Morgan fingerprint density at radius 1 is 1.19 bits per heavy atom. The molecule has 3 aromatic rings. The van der Waals surface area contributed by atoms with Crippen molar-refractivity contribution in [1.82, 2.24) is 8.75 Å². The predicted octanol–water partition coefficient (Wildman–Crippen LogP) is 4.82. The Morgan fingerprint density at radius 2 is 1.95 bits per heavy atom. The molecule has 0 atom stereocenters. The molecule has 0 aliphatic carbocycles. The van der Waals surface area contributed by atoms with Gasteiger partial charge in [0.2, 0.25) is 0 Å². The fourth-order valence-electron chi connectivity index (χ4n) is 1.84. The van der Waals surface area contributed by atoms with Gasteiger partial charge in [0.15, 0.2) is 0 Å². The maximum absolute atomic E-state index is 10.5. The third-order valence-corrected chi connectivity index (χ3v) is 4.89. The summed E-state index contributed by atoms with van der Waals surface area (Å²) in [5, 5.41) is 9.62. The minimum absolute atomic E-state index is 0.468. The van der Waals surface area contributed by atoms with Crippen LogP contribution in [0.2, 0.25) is 10.0 Å². The number of benzene rings is 1. The van der Waals surface area contributed by atoms with Gasteiger partial charge in [0.1, 0.15) is 11.0 Å². The summed E-state index contributed by atoms with van der Waals surface area (Å²) >= 11 is 14.9. The molecule has 0 spiro atoms. The summed E-state index contributed by atoms with van der Waals surface area (Å²) in [6.45, 7) is 0. The number of carbonyl (C=O) groups is 1. The Morgan fingerprint density at radius 3 is 2.71 bits per heavy atom. The quantitative estimate of drug-likeness (QED) is 0.683. The lowest BCUT2D eigenvalue weighted by Gasteiger charge is -2.03. The summed E-state index contributed by atoms with van der Waals surface area (Å²) in [4.78, 5) is 12.2. The van der Waals surface area contributed by atoms with Gasteiger partial charge in [-0.25, -0.2) is 4.79 Å². The van der Waals surface area contributed by atoms with Crippen LogP contribution in [0.25, 0.3) is 27.6 Å². The number of thiophene rings is 1. The van der Waals surface area contributed by atoms with Gasteiger partial charge in [-0.2, -0.15) is 8.75 Å². The lowest BCUT2D eigenvalue weighted by atomic mass is 10.1. The van der Waals surface area contributed by atoms with Crippen molar-refractivity contribution in [2.24, 2.45) is 0 Å². The molecule has 21 heavy (non-hydrogen) atoms. The highest BCUT2D eigenvalue weighted by atomic mass is 35.5. The Balaban J connectivity index is 2.13. The van der Waals surface area contributed by atoms with E-state index in [-0.39, 0.29) is 0 Å². The van der Waals surface area contributed by atoms with Crippen LogP contribution in [0.5, 0.6) is 0 Å². The molecule has 0 amide bonds. The minimum Gasteiger partial charge on any atom is -0.478 e. The second-order valence-corrected chi connectivity index (χ2v) is 6.51. The van der Waals surface area contributed by atoms with Crippen LogP contribution in [0.4, 0.5) is 0 Å². The minimum atomic E-state index is -0.986. The first kappa shape index (κ1) is 14.5. The summed E-state index contributed by atoms with van der Waals surface area (Å²) in [6.07, 6.45) is 2.63. The molecule has 0 aliphatic heterocycles. The van der Waals surface area contributed by atoms with Crippen molar-refractivity contribution in [1.29, 1.82) is 0 Å². The van der Waals surface area contributed by atoms with E-state index in [1.54, 1.807) is 6.07 Å². The number of aliphatic carboxylic acids is 1. The zero-order valence-corrected chi connectivity index (χ0v) is 13.4. The first-order valence-electron chi connectivity index (χ1n) is 5.68. The summed E-state index contributed by atoms with van der Waals surface area (Å²) in [7, 11) is 0. The monoisotopic (exact) mass is 356 g/mol. The summed E-state index contributed by atoms with van der Waals surface area (Å²) in [6, 6.07) is 5.35. The molecule has 2 aromatic heterocycles. The molecule has 0 aliphatic rings. The molecule has 2 heterocycles. The standard InChI is InChI=1S/C13H6Cl2N2O2S2/c14-7-5-8(15)12-13(17-21-16-12)11(7)9-3-1-6(20-9)2-4-10(18)19/h1-5H,(H,18,19). The number of fused-ring (bicyclic) bond motifs is 1. The van der Waals surface area contributed by atoms with Crippen molar-refractivity contribution in [2.45, 2.75) is 0 Å². The van der Waals surface area contributed by atoms with E-state index in [9.17, 15) is 4.79 Å². The van der Waals surface area contributed by atoms with Crippen LogP contribution < -0.4 is 0 Å². The van der Waals surface area contributed by atoms with Crippen LogP contribution in [-0.2, 0) is 4.79 Å². The average molecular weight is 357 g/mol. The van der Waals surface area contributed by atoms with E-state index >= 15 is 0 Å². The molecule has 4 nitrogen and oxygen atoms in total. The molecule has 8 heteroatoms.